The summed E-state index contributed by atoms with van der Waals surface area (Å²) in [5.41, 5.74) is 4.98. The van der Waals surface area contributed by atoms with Gasteiger partial charge in [0.2, 0.25) is 11.8 Å². The fourth-order valence-electron chi connectivity index (χ4n) is 3.40. The molecule has 2 saturated heterocycles. The van der Waals surface area contributed by atoms with Gasteiger partial charge in [0.25, 0.3) is 0 Å². The van der Waals surface area contributed by atoms with Crippen molar-refractivity contribution in [2.24, 2.45) is 11.1 Å². The quantitative estimate of drug-likeness (QED) is 0.762. The highest BCUT2D eigenvalue weighted by atomic mass is 19.4. The summed E-state index contributed by atoms with van der Waals surface area (Å²) in [6.45, 7) is 0.752. The van der Waals surface area contributed by atoms with Crippen molar-refractivity contribution in [1.29, 1.82) is 0 Å². The Morgan fingerprint density at radius 3 is 2.43 bits per heavy atom. The third kappa shape index (κ3) is 4.57. The Balaban J connectivity index is 1.90. The highest BCUT2D eigenvalue weighted by molar-refractivity contribution is 5.84. The van der Waals surface area contributed by atoms with Crippen molar-refractivity contribution in [2.45, 2.75) is 38.0 Å². The molecule has 23 heavy (non-hydrogen) atoms. The van der Waals surface area contributed by atoms with E-state index in [0.717, 1.165) is 0 Å². The molecule has 2 aliphatic heterocycles. The standard InChI is InChI=1S/C14H22F3N3O3/c15-14(16,17)10(21)7-19-5-3-13(4-6-19)2-1-12(23)20(9-13)8-11(18)22/h10,21H,1-9H2,(H2,18,22)/t10-/m1/s1. The maximum absolute atomic E-state index is 12.4. The number of likely N-dealkylation sites (tertiary alicyclic amines) is 2. The fraction of sp³-hybridized carbons (Fsp3) is 0.857. The van der Waals surface area contributed by atoms with Gasteiger partial charge in [-0.3, -0.25) is 9.59 Å². The van der Waals surface area contributed by atoms with E-state index < -0.39 is 24.7 Å². The van der Waals surface area contributed by atoms with Crippen molar-refractivity contribution in [3.63, 3.8) is 0 Å². The average molecular weight is 337 g/mol. The number of carbonyl (C=O) groups is 2. The van der Waals surface area contributed by atoms with Crippen LogP contribution in [0.1, 0.15) is 25.7 Å². The molecule has 0 unspecified atom stereocenters. The van der Waals surface area contributed by atoms with Gasteiger partial charge >= 0.3 is 6.18 Å². The largest absolute Gasteiger partial charge is 0.415 e. The smallest absolute Gasteiger partial charge is 0.382 e. The average Bonchev–Trinajstić information content (AvgIpc) is 2.44. The fourth-order valence-corrected chi connectivity index (χ4v) is 3.40. The first kappa shape index (κ1) is 18.0. The van der Waals surface area contributed by atoms with Crippen LogP contribution < -0.4 is 5.73 Å². The summed E-state index contributed by atoms with van der Waals surface area (Å²) in [6, 6.07) is 0. The van der Waals surface area contributed by atoms with Gasteiger partial charge < -0.3 is 20.6 Å². The molecule has 0 saturated carbocycles. The van der Waals surface area contributed by atoms with Crippen molar-refractivity contribution >= 4 is 11.8 Å². The van der Waals surface area contributed by atoms with E-state index in [-0.39, 0.29) is 17.9 Å². The number of hydrogen-bond acceptors (Lipinski definition) is 4. The minimum Gasteiger partial charge on any atom is -0.382 e. The predicted molar refractivity (Wildman–Crippen MR) is 75.2 cm³/mol. The molecule has 2 rings (SSSR count). The van der Waals surface area contributed by atoms with Gasteiger partial charge in [-0.1, -0.05) is 0 Å². The van der Waals surface area contributed by atoms with Crippen molar-refractivity contribution < 1.29 is 27.9 Å². The zero-order chi connectivity index (χ0) is 17.3. The number of hydrogen-bond donors (Lipinski definition) is 2. The molecule has 2 fully saturated rings. The minimum atomic E-state index is -4.61. The summed E-state index contributed by atoms with van der Waals surface area (Å²) in [4.78, 5) is 25.9. The lowest BCUT2D eigenvalue weighted by Crippen LogP contribution is -2.54. The molecule has 0 aromatic carbocycles. The lowest BCUT2D eigenvalue weighted by atomic mass is 9.72. The lowest BCUT2D eigenvalue weighted by Gasteiger charge is -2.47. The molecule has 0 aromatic rings. The molecule has 2 heterocycles. The number of piperidine rings is 2. The number of carbonyl (C=O) groups excluding carboxylic acids is 2. The second-order valence-electron chi connectivity index (χ2n) is 6.57. The van der Waals surface area contributed by atoms with E-state index in [1.165, 1.54) is 4.90 Å². The van der Waals surface area contributed by atoms with Crippen LogP contribution in [0.25, 0.3) is 0 Å². The molecule has 0 aliphatic carbocycles. The number of nitrogens with zero attached hydrogens (tertiary/aromatic N) is 2. The Morgan fingerprint density at radius 1 is 1.30 bits per heavy atom. The Morgan fingerprint density at radius 2 is 1.91 bits per heavy atom. The Kier molecular flexibility index (Phi) is 5.20. The molecule has 0 radical (unpaired) electrons. The van der Waals surface area contributed by atoms with Gasteiger partial charge in [0.1, 0.15) is 0 Å². The van der Waals surface area contributed by atoms with Crippen LogP contribution in [0.5, 0.6) is 0 Å². The van der Waals surface area contributed by atoms with Gasteiger partial charge in [-0.2, -0.15) is 13.2 Å². The zero-order valence-electron chi connectivity index (χ0n) is 12.8. The zero-order valence-corrected chi connectivity index (χ0v) is 12.8. The third-order valence-electron chi connectivity index (χ3n) is 4.82. The Labute approximate surface area is 132 Å². The molecular weight excluding hydrogens is 315 g/mol. The van der Waals surface area contributed by atoms with Crippen LogP contribution in [0.4, 0.5) is 13.2 Å². The van der Waals surface area contributed by atoms with E-state index >= 15 is 0 Å². The maximum Gasteiger partial charge on any atom is 0.415 e. The van der Waals surface area contributed by atoms with Crippen LogP contribution >= 0.6 is 0 Å². The van der Waals surface area contributed by atoms with Gasteiger partial charge in [-0.15, -0.1) is 0 Å². The molecule has 6 nitrogen and oxygen atoms in total. The second kappa shape index (κ2) is 6.64. The molecule has 2 aliphatic rings. The van der Waals surface area contributed by atoms with Gasteiger partial charge in [0, 0.05) is 19.5 Å². The molecular formula is C14H22F3N3O3. The van der Waals surface area contributed by atoms with Crippen LogP contribution in [0.2, 0.25) is 0 Å². The van der Waals surface area contributed by atoms with Crippen LogP contribution in [-0.4, -0.2) is 71.7 Å². The normalized spacial score (nSPS) is 24.0. The summed E-state index contributed by atoms with van der Waals surface area (Å²) >= 11 is 0. The number of aliphatic hydroxyl groups excluding tert-OH is 1. The van der Waals surface area contributed by atoms with E-state index in [9.17, 15) is 22.8 Å². The Bertz CT molecular complexity index is 462. The number of primary amides is 1. The van der Waals surface area contributed by atoms with Gasteiger partial charge in [0.15, 0.2) is 6.10 Å². The predicted octanol–water partition coefficient (Wildman–Crippen LogP) is 0.0995. The molecule has 132 valence electrons. The van der Waals surface area contributed by atoms with E-state index in [0.29, 0.717) is 45.3 Å². The third-order valence-corrected chi connectivity index (χ3v) is 4.82. The highest BCUT2D eigenvalue weighted by Crippen LogP contribution is 2.40. The van der Waals surface area contributed by atoms with Gasteiger partial charge in [0.05, 0.1) is 6.54 Å². The molecule has 0 bridgehead atoms. The van der Waals surface area contributed by atoms with Crippen molar-refractivity contribution in [3.05, 3.63) is 0 Å². The number of nitrogens with two attached hydrogens (primary N) is 1. The number of alkyl halides is 3. The molecule has 1 atom stereocenters. The molecule has 0 aromatic heterocycles. The molecule has 3 N–H and O–H groups in total. The van der Waals surface area contributed by atoms with Crippen LogP contribution in [-0.2, 0) is 9.59 Å². The lowest BCUT2D eigenvalue weighted by molar-refractivity contribution is -0.209. The molecule has 2 amide bonds. The minimum absolute atomic E-state index is 0.107. The molecule has 1 spiro atoms. The summed E-state index contributed by atoms with van der Waals surface area (Å²) in [5.74, 6) is -0.675. The van der Waals surface area contributed by atoms with Crippen molar-refractivity contribution in [2.75, 3.05) is 32.7 Å². The SMILES string of the molecule is NC(=O)CN1CC2(CCC1=O)CCN(C[C@@H](O)C(F)(F)F)CC2. The van der Waals surface area contributed by atoms with E-state index in [2.05, 4.69) is 0 Å². The number of halogens is 3. The van der Waals surface area contributed by atoms with Crippen LogP contribution in [0, 0.1) is 5.41 Å². The van der Waals surface area contributed by atoms with Crippen molar-refractivity contribution in [3.8, 4) is 0 Å². The summed E-state index contributed by atoms with van der Waals surface area (Å²) < 4.78 is 37.2. The number of β-amino-alcohol motifs (C(OH)–C–C–N with tert-alkyl or cyclic N) is 1. The topological polar surface area (TPSA) is 86.9 Å². The number of rotatable bonds is 4. The van der Waals surface area contributed by atoms with E-state index in [1.54, 1.807) is 4.90 Å². The van der Waals surface area contributed by atoms with E-state index in [4.69, 9.17) is 10.8 Å². The first-order valence-corrected chi connectivity index (χ1v) is 7.65. The highest BCUT2D eigenvalue weighted by Gasteiger charge is 2.43. The maximum atomic E-state index is 12.4. The Hall–Kier alpha value is -1.35. The summed E-state index contributed by atoms with van der Waals surface area (Å²) in [6.07, 6.45) is -4.66. The van der Waals surface area contributed by atoms with Crippen molar-refractivity contribution in [1.82, 2.24) is 9.80 Å². The van der Waals surface area contributed by atoms with E-state index in [1.807, 2.05) is 0 Å². The number of amides is 2. The monoisotopic (exact) mass is 337 g/mol. The van der Waals surface area contributed by atoms with Gasteiger partial charge in [-0.25, -0.2) is 0 Å². The molecule has 9 heteroatoms. The second-order valence-corrected chi connectivity index (χ2v) is 6.57. The summed E-state index contributed by atoms with van der Waals surface area (Å²) in [5, 5.41) is 9.14. The van der Waals surface area contributed by atoms with Gasteiger partial charge in [-0.05, 0) is 37.8 Å². The number of aliphatic hydroxyl groups is 1. The van der Waals surface area contributed by atoms with Crippen LogP contribution in [0.15, 0.2) is 0 Å². The first-order valence-electron chi connectivity index (χ1n) is 7.65. The first-order chi connectivity index (χ1) is 10.6. The van der Waals surface area contributed by atoms with Crippen LogP contribution in [0.3, 0.4) is 0 Å². The summed E-state index contributed by atoms with van der Waals surface area (Å²) in [7, 11) is 0.